The van der Waals surface area contributed by atoms with Crippen LogP contribution in [0.25, 0.3) is 0 Å². The highest BCUT2D eigenvalue weighted by Crippen LogP contribution is 2.29. The van der Waals surface area contributed by atoms with Crippen molar-refractivity contribution in [3.8, 4) is 0 Å². The minimum absolute atomic E-state index is 0.0569. The highest BCUT2D eigenvalue weighted by molar-refractivity contribution is 7.98. The molecule has 1 aromatic carbocycles. The van der Waals surface area contributed by atoms with Crippen LogP contribution in [-0.4, -0.2) is 25.5 Å². The number of thioether (sulfide) groups is 1. The Labute approximate surface area is 173 Å². The zero-order chi connectivity index (χ0) is 20.2. The van der Waals surface area contributed by atoms with Crippen LogP contribution in [0, 0.1) is 5.92 Å². The molecule has 5 nitrogen and oxygen atoms in total. The monoisotopic (exact) mass is 427 g/mol. The average Bonchev–Trinajstić information content (AvgIpc) is 2.58. The molecule has 0 radical (unpaired) electrons. The second-order valence-electron chi connectivity index (χ2n) is 7.46. The van der Waals surface area contributed by atoms with Crippen molar-refractivity contribution in [2.45, 2.75) is 50.1 Å². The molecule has 0 saturated carbocycles. The van der Waals surface area contributed by atoms with Crippen LogP contribution in [0.2, 0.25) is 5.02 Å². The molecule has 0 bridgehead atoms. The molecule has 148 valence electrons. The molecule has 0 amide bonds. The lowest BCUT2D eigenvalue weighted by atomic mass is 9.91. The van der Waals surface area contributed by atoms with E-state index in [1.165, 1.54) is 17.8 Å². The summed E-state index contributed by atoms with van der Waals surface area (Å²) in [6, 6.07) is 8.89. The fourth-order valence-electron chi connectivity index (χ4n) is 2.61. The molecule has 0 aliphatic heterocycles. The van der Waals surface area contributed by atoms with Gasteiger partial charge in [0, 0.05) is 28.1 Å². The maximum atomic E-state index is 12.7. The summed E-state index contributed by atoms with van der Waals surface area (Å²) >= 11 is 6.19. The zero-order valence-electron chi connectivity index (χ0n) is 16.2. The van der Waals surface area contributed by atoms with Gasteiger partial charge in [-0.25, -0.2) is 4.98 Å². The summed E-state index contributed by atoms with van der Waals surface area (Å²) in [4.78, 5) is 19.1. The fraction of sp³-hybridized carbons (Fsp3) is 0.474. The molecule has 2 rings (SSSR count). The van der Waals surface area contributed by atoms with Crippen LogP contribution < -0.4 is 10.3 Å². The van der Waals surface area contributed by atoms with Gasteiger partial charge >= 0.3 is 0 Å². The molecule has 0 spiro atoms. The maximum Gasteiger partial charge on any atom is 0.251 e. The van der Waals surface area contributed by atoms with Gasteiger partial charge in [-0.2, -0.15) is 0 Å². The van der Waals surface area contributed by atoms with E-state index in [9.17, 15) is 9.35 Å². The summed E-state index contributed by atoms with van der Waals surface area (Å²) in [6.07, 6.45) is 2.45. The van der Waals surface area contributed by atoms with E-state index in [0.717, 1.165) is 11.3 Å². The molecule has 0 aliphatic rings. The first-order chi connectivity index (χ1) is 12.6. The van der Waals surface area contributed by atoms with Crippen LogP contribution in [0.5, 0.6) is 0 Å². The third kappa shape index (κ3) is 6.54. The standard InChI is InChI=1S/C19H26ClN3O2S2/c1-12(10-15-11-16(24)22-18(21-15)26-5)17(23-27(25)19(2,3)4)13-6-8-14(20)9-7-13/h6-9,11-12,17,23H,10H2,1-5H3,(H,21,22,24)/t12-,17-,27-/m0/s1. The van der Waals surface area contributed by atoms with Crippen molar-refractivity contribution >= 4 is 34.7 Å². The van der Waals surface area contributed by atoms with E-state index in [1.54, 1.807) is 0 Å². The van der Waals surface area contributed by atoms with Gasteiger partial charge in [0.1, 0.15) is 4.75 Å². The van der Waals surface area contributed by atoms with Crippen molar-refractivity contribution in [3.05, 3.63) is 57.0 Å². The number of aromatic amines is 1. The summed E-state index contributed by atoms with van der Waals surface area (Å²) < 4.78 is 15.6. The number of H-pyrrole nitrogens is 1. The van der Waals surface area contributed by atoms with Crippen molar-refractivity contribution in [2.75, 3.05) is 6.26 Å². The third-order valence-electron chi connectivity index (χ3n) is 4.09. The Morgan fingerprint density at radius 3 is 2.52 bits per heavy atom. The lowest BCUT2D eigenvalue weighted by Gasteiger charge is -2.31. The number of halogens is 1. The van der Waals surface area contributed by atoms with E-state index in [-0.39, 0.29) is 17.5 Å². The van der Waals surface area contributed by atoms with Crippen LogP contribution in [0.1, 0.15) is 45.0 Å². The van der Waals surface area contributed by atoms with E-state index in [1.807, 2.05) is 51.3 Å². The van der Waals surface area contributed by atoms with Crippen molar-refractivity contribution in [1.82, 2.24) is 14.7 Å². The molecule has 8 heteroatoms. The largest absolute Gasteiger partial charge is 0.598 e. The number of rotatable bonds is 7. The van der Waals surface area contributed by atoms with Crippen molar-refractivity contribution in [1.29, 1.82) is 0 Å². The first-order valence-corrected chi connectivity index (χ1v) is 11.4. The number of hydrogen-bond acceptors (Lipinski definition) is 5. The van der Waals surface area contributed by atoms with Crippen LogP contribution in [0.4, 0.5) is 0 Å². The van der Waals surface area contributed by atoms with E-state index in [4.69, 9.17) is 11.6 Å². The molecule has 0 saturated heterocycles. The molecule has 0 aliphatic carbocycles. The summed E-state index contributed by atoms with van der Waals surface area (Å²) in [5.74, 6) is 0.0569. The van der Waals surface area contributed by atoms with Gasteiger partial charge in [0.2, 0.25) is 0 Å². The minimum Gasteiger partial charge on any atom is -0.598 e. The quantitative estimate of drug-likeness (QED) is 0.394. The molecular formula is C19H26ClN3O2S2. The van der Waals surface area contributed by atoms with Crippen LogP contribution >= 0.6 is 23.4 Å². The van der Waals surface area contributed by atoms with E-state index >= 15 is 0 Å². The number of hydrogen-bond donors (Lipinski definition) is 2. The average molecular weight is 428 g/mol. The van der Waals surface area contributed by atoms with Crippen LogP contribution in [0.3, 0.4) is 0 Å². The summed E-state index contributed by atoms with van der Waals surface area (Å²) in [6.45, 7) is 7.86. The predicted molar refractivity (Wildman–Crippen MR) is 115 cm³/mol. The number of benzene rings is 1. The Morgan fingerprint density at radius 1 is 1.33 bits per heavy atom. The van der Waals surface area contributed by atoms with Crippen LogP contribution in [-0.2, 0) is 17.8 Å². The number of nitrogens with one attached hydrogen (secondary N) is 2. The highest BCUT2D eigenvalue weighted by Gasteiger charge is 2.32. The van der Waals surface area contributed by atoms with Gasteiger partial charge in [-0.3, -0.25) is 4.79 Å². The molecule has 2 N–H and O–H groups in total. The van der Waals surface area contributed by atoms with Crippen molar-refractivity contribution < 1.29 is 4.55 Å². The normalized spacial score (nSPS) is 15.4. The Bertz CT molecular complexity index is 806. The second-order valence-corrected chi connectivity index (χ2v) is 10.7. The maximum absolute atomic E-state index is 12.7. The van der Waals surface area contributed by atoms with Gasteiger partial charge < -0.3 is 9.54 Å². The van der Waals surface area contributed by atoms with Gasteiger partial charge in [-0.05, 0) is 57.1 Å². The van der Waals surface area contributed by atoms with Gasteiger partial charge in [-0.1, -0.05) is 42.4 Å². The van der Waals surface area contributed by atoms with E-state index in [0.29, 0.717) is 16.6 Å². The zero-order valence-corrected chi connectivity index (χ0v) is 18.6. The number of nitrogens with zero attached hydrogens (tertiary/aromatic N) is 1. The Kier molecular flexibility index (Phi) is 7.83. The van der Waals surface area contributed by atoms with Crippen molar-refractivity contribution in [2.24, 2.45) is 5.92 Å². The lowest BCUT2D eigenvalue weighted by molar-refractivity contribution is 0.418. The summed E-state index contributed by atoms with van der Waals surface area (Å²) in [5, 5.41) is 1.25. The molecule has 3 atom stereocenters. The molecule has 1 heterocycles. The van der Waals surface area contributed by atoms with Gasteiger partial charge in [0.15, 0.2) is 5.16 Å². The van der Waals surface area contributed by atoms with Gasteiger partial charge in [0.25, 0.3) is 5.56 Å². The molecular weight excluding hydrogens is 402 g/mol. The molecule has 27 heavy (non-hydrogen) atoms. The first kappa shape index (κ1) is 22.3. The SMILES string of the molecule is CSc1nc(C[C@H](C)[C@H](N[S@@+]([O-])C(C)(C)C)c2ccc(Cl)cc2)cc(=O)[nH]1. The predicted octanol–water partition coefficient (Wildman–Crippen LogP) is 4.12. The minimum atomic E-state index is -1.24. The molecule has 0 fully saturated rings. The first-order valence-electron chi connectivity index (χ1n) is 8.68. The lowest BCUT2D eigenvalue weighted by Crippen LogP contribution is -2.43. The van der Waals surface area contributed by atoms with Gasteiger partial charge in [0.05, 0.1) is 6.04 Å². The van der Waals surface area contributed by atoms with Gasteiger partial charge in [-0.15, -0.1) is 4.72 Å². The smallest absolute Gasteiger partial charge is 0.251 e. The Hall–Kier alpha value is -0.990. The van der Waals surface area contributed by atoms with E-state index in [2.05, 4.69) is 21.6 Å². The molecule has 1 aromatic heterocycles. The van der Waals surface area contributed by atoms with Crippen LogP contribution in [0.15, 0.2) is 40.3 Å². The second kappa shape index (κ2) is 9.47. The fourth-order valence-corrected chi connectivity index (χ4v) is 4.10. The van der Waals surface area contributed by atoms with E-state index < -0.39 is 16.1 Å². The Balaban J connectivity index is 2.30. The third-order valence-corrected chi connectivity index (χ3v) is 6.50. The topological polar surface area (TPSA) is 80.8 Å². The summed E-state index contributed by atoms with van der Waals surface area (Å²) in [7, 11) is 0. The molecule has 2 aromatic rings. The summed E-state index contributed by atoms with van der Waals surface area (Å²) in [5.41, 5.74) is 1.56. The van der Waals surface area contributed by atoms with Crippen molar-refractivity contribution in [3.63, 3.8) is 0 Å². The molecule has 0 unspecified atom stereocenters. The highest BCUT2D eigenvalue weighted by atomic mass is 35.5. The Morgan fingerprint density at radius 2 is 1.96 bits per heavy atom. The number of aromatic nitrogens is 2.